The summed E-state index contributed by atoms with van der Waals surface area (Å²) < 4.78 is 0. The number of benzene rings is 1. The van der Waals surface area contributed by atoms with E-state index in [2.05, 4.69) is 15.2 Å². The Morgan fingerprint density at radius 2 is 2.00 bits per heavy atom. The zero-order valence-corrected chi connectivity index (χ0v) is 13.2. The summed E-state index contributed by atoms with van der Waals surface area (Å²) in [6, 6.07) is 9.76. The third-order valence-electron chi connectivity index (χ3n) is 5.28. The molecule has 0 spiro atoms. The number of aromatic nitrogens is 1. The van der Waals surface area contributed by atoms with Gasteiger partial charge in [-0.15, -0.1) is 0 Å². The molecule has 122 valence electrons. The normalized spacial score (nSPS) is 28.5. The maximum atomic E-state index is 12.5. The third kappa shape index (κ3) is 2.75. The number of carbonyl (C=O) groups excluding carboxylic acids is 1. The molecule has 2 aliphatic rings. The molecule has 0 bridgehead atoms. The van der Waals surface area contributed by atoms with E-state index in [0.29, 0.717) is 5.69 Å². The first kappa shape index (κ1) is 14.7. The van der Waals surface area contributed by atoms with Crippen molar-refractivity contribution >= 4 is 16.8 Å². The number of fused-ring (bicyclic) bond motifs is 1. The minimum absolute atomic E-state index is 0.132. The van der Waals surface area contributed by atoms with Crippen molar-refractivity contribution in [3.8, 4) is 0 Å². The van der Waals surface area contributed by atoms with Crippen LogP contribution in [0, 0.1) is 0 Å². The molecule has 1 aliphatic heterocycles. The Morgan fingerprint density at radius 3 is 2.78 bits per heavy atom. The summed E-state index contributed by atoms with van der Waals surface area (Å²) in [6.45, 7) is 2.15. The zero-order chi connectivity index (χ0) is 15.8. The van der Waals surface area contributed by atoms with Crippen molar-refractivity contribution in [3.05, 3.63) is 36.0 Å². The molecule has 3 atom stereocenters. The molecular weight excluding hydrogens is 290 g/mol. The summed E-state index contributed by atoms with van der Waals surface area (Å²) in [6.07, 6.45) is 3.76. The average Bonchev–Trinajstić information content (AvgIpc) is 3.27. The summed E-state index contributed by atoms with van der Waals surface area (Å²) in [5.74, 6) is -0.132. The van der Waals surface area contributed by atoms with Crippen molar-refractivity contribution in [2.45, 2.75) is 43.9 Å². The second kappa shape index (κ2) is 5.98. The van der Waals surface area contributed by atoms with E-state index < -0.39 is 6.10 Å². The molecule has 0 unspecified atom stereocenters. The predicted octanol–water partition coefficient (Wildman–Crippen LogP) is 1.89. The quantitative estimate of drug-likeness (QED) is 0.810. The van der Waals surface area contributed by atoms with Crippen LogP contribution in [-0.2, 0) is 0 Å². The second-order valence-corrected chi connectivity index (χ2v) is 6.73. The molecule has 5 heteroatoms. The maximum absolute atomic E-state index is 12.5. The van der Waals surface area contributed by atoms with E-state index in [0.717, 1.165) is 36.8 Å². The number of aliphatic hydroxyl groups is 1. The van der Waals surface area contributed by atoms with Crippen molar-refractivity contribution in [1.29, 1.82) is 0 Å². The Kier molecular flexibility index (Phi) is 3.83. The summed E-state index contributed by atoms with van der Waals surface area (Å²) in [5, 5.41) is 14.6. The van der Waals surface area contributed by atoms with Crippen LogP contribution >= 0.6 is 0 Å². The SMILES string of the molecule is O=C(N[C@@H]1CC[C@@H](N2CCCC2)[C@@H]1O)c1cc2ccccc2[nH]1. The molecule has 2 aromatic rings. The van der Waals surface area contributed by atoms with Crippen LogP contribution in [0.5, 0.6) is 0 Å². The van der Waals surface area contributed by atoms with E-state index in [1.807, 2.05) is 30.3 Å². The monoisotopic (exact) mass is 313 g/mol. The van der Waals surface area contributed by atoms with Crippen molar-refractivity contribution in [2.24, 2.45) is 0 Å². The highest BCUT2D eigenvalue weighted by molar-refractivity contribution is 5.98. The van der Waals surface area contributed by atoms with Gasteiger partial charge in [0, 0.05) is 16.9 Å². The van der Waals surface area contributed by atoms with Gasteiger partial charge in [0.25, 0.3) is 5.91 Å². The Labute approximate surface area is 135 Å². The summed E-state index contributed by atoms with van der Waals surface area (Å²) >= 11 is 0. The molecule has 5 nitrogen and oxygen atoms in total. The molecule has 1 aromatic carbocycles. The van der Waals surface area contributed by atoms with Crippen LogP contribution in [0.25, 0.3) is 10.9 Å². The lowest BCUT2D eigenvalue weighted by Crippen LogP contribution is -2.47. The highest BCUT2D eigenvalue weighted by atomic mass is 16.3. The number of amides is 1. The number of nitrogens with one attached hydrogen (secondary N) is 2. The highest BCUT2D eigenvalue weighted by Gasteiger charge is 2.39. The largest absolute Gasteiger partial charge is 0.389 e. The van der Waals surface area contributed by atoms with Crippen LogP contribution in [0.3, 0.4) is 0 Å². The standard InChI is InChI=1S/C18H23N3O2/c22-17-14(7-8-16(17)21-9-3-4-10-21)20-18(23)15-11-12-5-1-2-6-13(12)19-15/h1-2,5-6,11,14,16-17,19,22H,3-4,7-10H2,(H,20,23)/t14-,16-,17-/m1/s1. The van der Waals surface area contributed by atoms with E-state index in [1.54, 1.807) is 0 Å². The van der Waals surface area contributed by atoms with E-state index in [1.165, 1.54) is 12.8 Å². The van der Waals surface area contributed by atoms with Crippen LogP contribution in [0.15, 0.2) is 30.3 Å². The maximum Gasteiger partial charge on any atom is 0.268 e. The molecule has 1 saturated heterocycles. The number of para-hydroxylation sites is 1. The number of rotatable bonds is 3. The molecule has 0 radical (unpaired) electrons. The summed E-state index contributed by atoms with van der Waals surface area (Å²) in [5.41, 5.74) is 1.52. The molecule has 4 rings (SSSR count). The number of likely N-dealkylation sites (tertiary alicyclic amines) is 1. The fourth-order valence-electron chi connectivity index (χ4n) is 4.03. The first-order valence-corrected chi connectivity index (χ1v) is 8.53. The summed E-state index contributed by atoms with van der Waals surface area (Å²) in [4.78, 5) is 18.0. The smallest absolute Gasteiger partial charge is 0.268 e. The molecule has 2 fully saturated rings. The van der Waals surface area contributed by atoms with Crippen molar-refractivity contribution in [1.82, 2.24) is 15.2 Å². The van der Waals surface area contributed by atoms with Crippen LogP contribution < -0.4 is 5.32 Å². The van der Waals surface area contributed by atoms with Gasteiger partial charge in [-0.25, -0.2) is 0 Å². The number of carbonyl (C=O) groups is 1. The number of aliphatic hydroxyl groups excluding tert-OH is 1. The van der Waals surface area contributed by atoms with Gasteiger partial charge in [0.1, 0.15) is 5.69 Å². The molecule has 1 aliphatic carbocycles. The van der Waals surface area contributed by atoms with Crippen molar-refractivity contribution < 1.29 is 9.90 Å². The highest BCUT2D eigenvalue weighted by Crippen LogP contribution is 2.28. The lowest BCUT2D eigenvalue weighted by atomic mass is 10.1. The van der Waals surface area contributed by atoms with Gasteiger partial charge in [0.2, 0.25) is 0 Å². The van der Waals surface area contributed by atoms with Gasteiger partial charge in [-0.1, -0.05) is 18.2 Å². The van der Waals surface area contributed by atoms with Crippen LogP contribution in [0.1, 0.15) is 36.2 Å². The molecule has 1 aromatic heterocycles. The fraction of sp³-hybridized carbons (Fsp3) is 0.500. The van der Waals surface area contributed by atoms with E-state index in [4.69, 9.17) is 0 Å². The van der Waals surface area contributed by atoms with Gasteiger partial charge in [0.15, 0.2) is 0 Å². The van der Waals surface area contributed by atoms with E-state index in [-0.39, 0.29) is 18.0 Å². The first-order chi connectivity index (χ1) is 11.2. The number of aromatic amines is 1. The second-order valence-electron chi connectivity index (χ2n) is 6.73. The van der Waals surface area contributed by atoms with Crippen LogP contribution in [0.4, 0.5) is 0 Å². The minimum atomic E-state index is -0.471. The van der Waals surface area contributed by atoms with Crippen molar-refractivity contribution in [2.75, 3.05) is 13.1 Å². The Morgan fingerprint density at radius 1 is 1.22 bits per heavy atom. The number of H-pyrrole nitrogens is 1. The minimum Gasteiger partial charge on any atom is -0.389 e. The molecule has 1 saturated carbocycles. The van der Waals surface area contributed by atoms with Gasteiger partial charge in [-0.3, -0.25) is 9.69 Å². The van der Waals surface area contributed by atoms with Crippen LogP contribution in [0.2, 0.25) is 0 Å². The van der Waals surface area contributed by atoms with E-state index >= 15 is 0 Å². The molecule has 23 heavy (non-hydrogen) atoms. The lowest BCUT2D eigenvalue weighted by molar-refractivity contribution is 0.0618. The number of hydrogen-bond donors (Lipinski definition) is 3. The van der Waals surface area contributed by atoms with Crippen LogP contribution in [-0.4, -0.2) is 52.2 Å². The Hall–Kier alpha value is -1.85. The van der Waals surface area contributed by atoms with Gasteiger partial charge >= 0.3 is 0 Å². The first-order valence-electron chi connectivity index (χ1n) is 8.53. The predicted molar refractivity (Wildman–Crippen MR) is 89.4 cm³/mol. The Balaban J connectivity index is 1.44. The van der Waals surface area contributed by atoms with Gasteiger partial charge in [0.05, 0.1) is 12.1 Å². The Bertz CT molecular complexity index is 672. The molecule has 3 N–H and O–H groups in total. The molecule has 2 heterocycles. The van der Waals surface area contributed by atoms with Crippen molar-refractivity contribution in [3.63, 3.8) is 0 Å². The summed E-state index contributed by atoms with van der Waals surface area (Å²) in [7, 11) is 0. The van der Waals surface area contributed by atoms with E-state index in [9.17, 15) is 9.90 Å². The van der Waals surface area contributed by atoms with Gasteiger partial charge in [-0.05, 0) is 50.9 Å². The number of hydrogen-bond acceptors (Lipinski definition) is 3. The lowest BCUT2D eigenvalue weighted by Gasteiger charge is -2.28. The zero-order valence-electron chi connectivity index (χ0n) is 13.2. The number of nitrogens with zero attached hydrogens (tertiary/aromatic N) is 1. The fourth-order valence-corrected chi connectivity index (χ4v) is 4.03. The third-order valence-corrected chi connectivity index (χ3v) is 5.28. The van der Waals surface area contributed by atoms with Gasteiger partial charge in [-0.2, -0.15) is 0 Å². The molecule has 1 amide bonds. The topological polar surface area (TPSA) is 68.4 Å². The average molecular weight is 313 g/mol. The molecular formula is C18H23N3O2. The van der Waals surface area contributed by atoms with Gasteiger partial charge < -0.3 is 15.4 Å².